The van der Waals surface area contributed by atoms with Crippen molar-refractivity contribution in [3.05, 3.63) is 16.1 Å². The van der Waals surface area contributed by atoms with Crippen LogP contribution in [0.4, 0.5) is 0 Å². The van der Waals surface area contributed by atoms with E-state index in [4.69, 9.17) is 4.99 Å². The van der Waals surface area contributed by atoms with Crippen molar-refractivity contribution >= 4 is 41.3 Å². The summed E-state index contributed by atoms with van der Waals surface area (Å²) in [6.07, 6.45) is 4.50. The number of nitrogens with zero attached hydrogens (tertiary/aromatic N) is 3. The minimum Gasteiger partial charge on any atom is -0.357 e. The number of guanidine groups is 1. The smallest absolute Gasteiger partial charge is 0.191 e. The molecule has 0 radical (unpaired) electrons. The summed E-state index contributed by atoms with van der Waals surface area (Å²) in [5, 5.41) is 10.00. The Morgan fingerprint density at radius 1 is 1.16 bits per heavy atom. The van der Waals surface area contributed by atoms with E-state index in [1.165, 1.54) is 25.9 Å². The van der Waals surface area contributed by atoms with E-state index in [-0.39, 0.29) is 24.0 Å². The van der Waals surface area contributed by atoms with Gasteiger partial charge < -0.3 is 15.5 Å². The molecule has 0 spiro atoms. The maximum Gasteiger partial charge on any atom is 0.191 e. The first-order valence-electron chi connectivity index (χ1n) is 9.35. The van der Waals surface area contributed by atoms with Crippen LogP contribution in [-0.4, -0.2) is 55.1 Å². The molecule has 0 atom stereocenters. The van der Waals surface area contributed by atoms with E-state index in [1.807, 2.05) is 6.92 Å². The number of aromatic nitrogens is 1. The molecule has 2 N–H and O–H groups in total. The second-order valence-electron chi connectivity index (χ2n) is 5.99. The second-order valence-corrected chi connectivity index (χ2v) is 7.05. The Morgan fingerprint density at radius 3 is 2.44 bits per heavy atom. The molecular formula is C18H36IN5S. The molecule has 5 nitrogen and oxygen atoms in total. The summed E-state index contributed by atoms with van der Waals surface area (Å²) in [6, 6.07) is 0. The Balaban J connectivity index is 0.00000576. The van der Waals surface area contributed by atoms with Crippen molar-refractivity contribution in [1.29, 1.82) is 0 Å². The molecule has 1 rings (SSSR count). The van der Waals surface area contributed by atoms with E-state index >= 15 is 0 Å². The van der Waals surface area contributed by atoms with Crippen LogP contribution in [0, 0.1) is 6.92 Å². The van der Waals surface area contributed by atoms with E-state index in [1.54, 1.807) is 11.3 Å². The fourth-order valence-corrected chi connectivity index (χ4v) is 3.27. The standard InChI is InChI=1S/C18H35N5S.HI/c1-5-12-23(13-6-2)14-8-10-20-18(19-7-3)21-11-9-17-15-24-16(4)22-17;/h15H,5-14H2,1-4H3,(H2,19,20,21);1H. The molecular weight excluding hydrogens is 445 g/mol. The summed E-state index contributed by atoms with van der Waals surface area (Å²) in [4.78, 5) is 11.7. The quantitative estimate of drug-likeness (QED) is 0.207. The number of aryl methyl sites for hydroxylation is 1. The largest absolute Gasteiger partial charge is 0.357 e. The summed E-state index contributed by atoms with van der Waals surface area (Å²) in [7, 11) is 0. The molecule has 1 heterocycles. The van der Waals surface area contributed by atoms with E-state index in [0.717, 1.165) is 55.7 Å². The zero-order valence-electron chi connectivity index (χ0n) is 16.3. The number of nitrogens with one attached hydrogen (secondary N) is 2. The van der Waals surface area contributed by atoms with Crippen LogP contribution in [0.2, 0.25) is 0 Å². The molecule has 0 aliphatic carbocycles. The Labute approximate surface area is 175 Å². The van der Waals surface area contributed by atoms with E-state index < -0.39 is 0 Å². The van der Waals surface area contributed by atoms with Crippen molar-refractivity contribution in [1.82, 2.24) is 20.5 Å². The van der Waals surface area contributed by atoms with Crippen molar-refractivity contribution in [3.8, 4) is 0 Å². The summed E-state index contributed by atoms with van der Waals surface area (Å²) in [6.45, 7) is 14.8. The highest BCUT2D eigenvalue weighted by Crippen LogP contribution is 2.07. The average molecular weight is 481 g/mol. The molecule has 0 fully saturated rings. The molecule has 0 bridgehead atoms. The van der Waals surface area contributed by atoms with Crippen molar-refractivity contribution in [2.24, 2.45) is 4.99 Å². The fourth-order valence-electron chi connectivity index (χ4n) is 2.63. The number of hydrogen-bond donors (Lipinski definition) is 2. The molecule has 0 amide bonds. The lowest BCUT2D eigenvalue weighted by Gasteiger charge is -2.20. The van der Waals surface area contributed by atoms with Gasteiger partial charge in [-0.25, -0.2) is 4.98 Å². The Hall–Kier alpha value is -0.410. The minimum absolute atomic E-state index is 0. The van der Waals surface area contributed by atoms with Crippen LogP contribution in [0.15, 0.2) is 10.4 Å². The molecule has 0 aromatic carbocycles. The average Bonchev–Trinajstić information content (AvgIpc) is 2.97. The van der Waals surface area contributed by atoms with Gasteiger partial charge in [0.15, 0.2) is 5.96 Å². The zero-order chi connectivity index (χ0) is 17.6. The van der Waals surface area contributed by atoms with Crippen LogP contribution in [0.5, 0.6) is 0 Å². The maximum atomic E-state index is 4.69. The molecule has 0 aliphatic heterocycles. The lowest BCUT2D eigenvalue weighted by molar-refractivity contribution is 0.273. The van der Waals surface area contributed by atoms with E-state index in [2.05, 4.69) is 46.7 Å². The predicted octanol–water partition coefficient (Wildman–Crippen LogP) is 3.68. The molecule has 0 saturated heterocycles. The number of hydrogen-bond acceptors (Lipinski definition) is 4. The van der Waals surface area contributed by atoms with Gasteiger partial charge >= 0.3 is 0 Å². The number of halogens is 1. The summed E-state index contributed by atoms with van der Waals surface area (Å²) < 4.78 is 0. The minimum atomic E-state index is 0. The van der Waals surface area contributed by atoms with Gasteiger partial charge in [0, 0.05) is 31.4 Å². The van der Waals surface area contributed by atoms with Crippen LogP contribution in [0.25, 0.3) is 0 Å². The number of aliphatic imine (C=N–C) groups is 1. The summed E-state index contributed by atoms with van der Waals surface area (Å²) in [5.74, 6) is 0.919. The SMILES string of the molecule is CCCN(CCC)CCCN=C(NCC)NCCc1csc(C)n1.I. The van der Waals surface area contributed by atoms with Crippen LogP contribution in [0.1, 0.15) is 50.7 Å². The summed E-state index contributed by atoms with van der Waals surface area (Å²) >= 11 is 1.71. The summed E-state index contributed by atoms with van der Waals surface area (Å²) in [5.41, 5.74) is 1.16. The molecule has 146 valence electrons. The molecule has 0 aliphatic rings. The molecule has 25 heavy (non-hydrogen) atoms. The third kappa shape index (κ3) is 11.8. The molecule has 1 aromatic heterocycles. The van der Waals surface area contributed by atoms with Crippen molar-refractivity contribution < 1.29 is 0 Å². The van der Waals surface area contributed by atoms with Gasteiger partial charge in [-0.3, -0.25) is 4.99 Å². The van der Waals surface area contributed by atoms with Crippen LogP contribution < -0.4 is 10.6 Å². The third-order valence-corrected chi connectivity index (χ3v) is 4.49. The predicted molar refractivity (Wildman–Crippen MR) is 122 cm³/mol. The zero-order valence-corrected chi connectivity index (χ0v) is 19.5. The second kappa shape index (κ2) is 15.8. The van der Waals surface area contributed by atoms with Gasteiger partial charge in [-0.05, 0) is 52.7 Å². The van der Waals surface area contributed by atoms with Crippen LogP contribution in [0.3, 0.4) is 0 Å². The van der Waals surface area contributed by atoms with Gasteiger partial charge in [0.2, 0.25) is 0 Å². The van der Waals surface area contributed by atoms with Crippen LogP contribution >= 0.6 is 35.3 Å². The first kappa shape index (κ1) is 24.6. The maximum absolute atomic E-state index is 4.69. The van der Waals surface area contributed by atoms with Gasteiger partial charge in [-0.1, -0.05) is 13.8 Å². The first-order chi connectivity index (χ1) is 11.7. The van der Waals surface area contributed by atoms with Gasteiger partial charge in [0.1, 0.15) is 0 Å². The molecule has 7 heteroatoms. The van der Waals surface area contributed by atoms with Crippen molar-refractivity contribution in [2.45, 2.75) is 53.4 Å². The van der Waals surface area contributed by atoms with E-state index in [0.29, 0.717) is 0 Å². The molecule has 1 aromatic rings. The topological polar surface area (TPSA) is 52.5 Å². The Kier molecular flexibility index (Phi) is 15.6. The fraction of sp³-hybridized carbons (Fsp3) is 0.778. The normalized spacial score (nSPS) is 11.5. The number of thiazole rings is 1. The molecule has 0 unspecified atom stereocenters. The van der Waals surface area contributed by atoms with Gasteiger partial charge in [0.05, 0.1) is 10.7 Å². The lowest BCUT2D eigenvalue weighted by atomic mass is 10.3. The number of rotatable bonds is 12. The monoisotopic (exact) mass is 481 g/mol. The highest BCUT2D eigenvalue weighted by molar-refractivity contribution is 14.0. The first-order valence-corrected chi connectivity index (χ1v) is 10.2. The Morgan fingerprint density at radius 2 is 1.88 bits per heavy atom. The van der Waals surface area contributed by atoms with Gasteiger partial charge in [0.25, 0.3) is 0 Å². The van der Waals surface area contributed by atoms with E-state index in [9.17, 15) is 0 Å². The van der Waals surface area contributed by atoms with Crippen LogP contribution in [-0.2, 0) is 6.42 Å². The molecule has 0 saturated carbocycles. The van der Waals surface area contributed by atoms with Gasteiger partial charge in [-0.2, -0.15) is 0 Å². The highest BCUT2D eigenvalue weighted by atomic mass is 127. The lowest BCUT2D eigenvalue weighted by Crippen LogP contribution is -2.38. The van der Waals surface area contributed by atoms with Gasteiger partial charge in [-0.15, -0.1) is 35.3 Å². The van der Waals surface area contributed by atoms with Crippen molar-refractivity contribution in [3.63, 3.8) is 0 Å². The third-order valence-electron chi connectivity index (χ3n) is 3.67. The van der Waals surface area contributed by atoms with Crippen molar-refractivity contribution in [2.75, 3.05) is 39.3 Å². The highest BCUT2D eigenvalue weighted by Gasteiger charge is 2.03. The Bertz CT molecular complexity index is 458.